The molecule has 0 radical (unpaired) electrons. The second kappa shape index (κ2) is 7.29. The summed E-state index contributed by atoms with van der Waals surface area (Å²) in [6.07, 6.45) is -4.64. The zero-order valence-corrected chi connectivity index (χ0v) is 15.2. The molecule has 2 aliphatic rings. The molecule has 0 aliphatic carbocycles. The van der Waals surface area contributed by atoms with Crippen LogP contribution in [0.4, 0.5) is 18.9 Å². The fraction of sp³-hybridized carbons (Fsp3) is 0.200. The number of anilines is 1. The van der Waals surface area contributed by atoms with E-state index in [1.807, 2.05) is 0 Å². The summed E-state index contributed by atoms with van der Waals surface area (Å²) in [7, 11) is 0. The first kappa shape index (κ1) is 19.6. The highest BCUT2D eigenvalue weighted by Crippen LogP contribution is 2.35. The summed E-state index contributed by atoms with van der Waals surface area (Å²) in [5.74, 6) is -3.79. The molecule has 0 aromatic heterocycles. The smallest absolute Gasteiger partial charge is 0.416 e. The predicted molar refractivity (Wildman–Crippen MR) is 98.0 cm³/mol. The zero-order chi connectivity index (χ0) is 21.5. The topological polar surface area (TPSA) is 88.1 Å². The first-order chi connectivity index (χ1) is 14.3. The maximum Gasteiger partial charge on any atom is 0.416 e. The van der Waals surface area contributed by atoms with Gasteiger partial charge >= 0.3 is 12.1 Å². The van der Waals surface area contributed by atoms with Crippen LogP contribution in [0, 0.1) is 5.92 Å². The first-order valence-electron chi connectivity index (χ1n) is 8.86. The number of carbonyl (C=O) groups excluding carboxylic acids is 3. The van der Waals surface area contributed by atoms with E-state index in [9.17, 15) is 27.6 Å². The van der Waals surface area contributed by atoms with Gasteiger partial charge in [0.2, 0.25) is 5.91 Å². The van der Waals surface area contributed by atoms with E-state index in [-0.39, 0.29) is 18.0 Å². The zero-order valence-electron chi connectivity index (χ0n) is 15.2. The average Bonchev–Trinajstić information content (AvgIpc) is 3.27. The van der Waals surface area contributed by atoms with Crippen LogP contribution in [0.3, 0.4) is 0 Å². The molecule has 2 aromatic rings. The van der Waals surface area contributed by atoms with Crippen LogP contribution >= 0.6 is 0 Å². The van der Waals surface area contributed by atoms with Gasteiger partial charge in [-0.25, -0.2) is 9.69 Å². The monoisotopic (exact) mass is 417 g/mol. The molecule has 154 valence electrons. The Kier molecular flexibility index (Phi) is 4.76. The van der Waals surface area contributed by atoms with Crippen molar-refractivity contribution in [1.29, 1.82) is 0 Å². The normalized spacial score (nSPS) is 20.6. The fourth-order valence-electron chi connectivity index (χ4n) is 3.33. The Bertz CT molecular complexity index is 1050. The number of ether oxygens (including phenoxy) is 1. The summed E-state index contributed by atoms with van der Waals surface area (Å²) in [4.78, 5) is 38.5. The van der Waals surface area contributed by atoms with Gasteiger partial charge in [0.25, 0.3) is 5.91 Å². The molecule has 0 spiro atoms. The lowest BCUT2D eigenvalue weighted by Gasteiger charge is -2.17. The van der Waals surface area contributed by atoms with E-state index >= 15 is 0 Å². The van der Waals surface area contributed by atoms with Crippen molar-refractivity contribution in [3.63, 3.8) is 0 Å². The number of fused-ring (bicyclic) bond motifs is 1. The van der Waals surface area contributed by atoms with Crippen molar-refractivity contribution in [3.8, 4) is 0 Å². The second-order valence-electron chi connectivity index (χ2n) is 6.70. The van der Waals surface area contributed by atoms with Crippen molar-refractivity contribution < 1.29 is 32.3 Å². The number of esters is 1. The Morgan fingerprint density at radius 2 is 1.80 bits per heavy atom. The van der Waals surface area contributed by atoms with E-state index in [2.05, 4.69) is 10.5 Å². The number of hydrogen-bond acceptors (Lipinski definition) is 6. The largest absolute Gasteiger partial charge is 0.456 e. The number of halogens is 3. The second-order valence-corrected chi connectivity index (χ2v) is 6.70. The van der Waals surface area contributed by atoms with Gasteiger partial charge in [-0.3, -0.25) is 15.0 Å². The van der Waals surface area contributed by atoms with Gasteiger partial charge in [0.05, 0.1) is 11.3 Å². The van der Waals surface area contributed by atoms with Crippen LogP contribution in [-0.4, -0.2) is 29.5 Å². The minimum atomic E-state index is -4.64. The van der Waals surface area contributed by atoms with Gasteiger partial charge < -0.3 is 4.74 Å². The van der Waals surface area contributed by atoms with Gasteiger partial charge in [-0.15, -0.1) is 0 Å². The quantitative estimate of drug-likeness (QED) is 0.609. The van der Waals surface area contributed by atoms with Gasteiger partial charge in [-0.05, 0) is 23.8 Å². The summed E-state index contributed by atoms with van der Waals surface area (Å²) in [5, 5.41) is 3.76. The summed E-state index contributed by atoms with van der Waals surface area (Å²) >= 11 is 0. The van der Waals surface area contributed by atoms with Crippen molar-refractivity contribution in [2.75, 3.05) is 4.90 Å². The Balaban J connectivity index is 1.54. The van der Waals surface area contributed by atoms with Crippen LogP contribution in [-0.2, 0) is 31.9 Å². The molecule has 0 bridgehead atoms. The van der Waals surface area contributed by atoms with E-state index in [0.717, 1.165) is 12.1 Å². The average molecular weight is 417 g/mol. The molecule has 2 aliphatic heterocycles. The summed E-state index contributed by atoms with van der Waals surface area (Å²) in [6, 6.07) is 11.5. The number of imide groups is 1. The maximum atomic E-state index is 13.0. The third-order valence-corrected chi connectivity index (χ3v) is 4.78. The standard InChI is InChI=1S/C20H14F3N3O4/c21-20(22,23)12-7-4-8-13(9-12)26-17(27)14-15(18(26)28)24-25-16(14)19(29)30-10-11-5-2-1-3-6-11/h1-9,14-15,24H,10H2/t14-,15-/m0/s1. The number of rotatable bonds is 4. The van der Waals surface area contributed by atoms with Crippen molar-refractivity contribution >= 4 is 29.2 Å². The number of nitrogens with zero attached hydrogens (tertiary/aromatic N) is 2. The van der Waals surface area contributed by atoms with E-state index < -0.39 is 41.5 Å². The van der Waals surface area contributed by atoms with E-state index in [0.29, 0.717) is 16.5 Å². The highest BCUT2D eigenvalue weighted by molar-refractivity contribution is 6.46. The van der Waals surface area contributed by atoms with E-state index in [1.54, 1.807) is 30.3 Å². The third kappa shape index (κ3) is 3.40. The van der Waals surface area contributed by atoms with Crippen LogP contribution < -0.4 is 10.3 Å². The summed E-state index contributed by atoms with van der Waals surface area (Å²) in [6.45, 7) is -0.0600. The van der Waals surface area contributed by atoms with Gasteiger partial charge in [0.1, 0.15) is 18.6 Å². The van der Waals surface area contributed by atoms with Crippen molar-refractivity contribution in [2.45, 2.75) is 18.8 Å². The maximum absolute atomic E-state index is 13.0. The lowest BCUT2D eigenvalue weighted by atomic mass is 9.99. The minimum absolute atomic E-state index is 0.0600. The molecule has 7 nitrogen and oxygen atoms in total. The molecular weight excluding hydrogens is 403 g/mol. The van der Waals surface area contributed by atoms with Crippen molar-refractivity contribution in [3.05, 3.63) is 65.7 Å². The molecule has 1 fully saturated rings. The number of hydrazone groups is 1. The first-order valence-corrected chi connectivity index (χ1v) is 8.86. The van der Waals surface area contributed by atoms with Crippen LogP contribution in [0.15, 0.2) is 59.7 Å². The lowest BCUT2D eigenvalue weighted by Crippen LogP contribution is -2.36. The molecule has 2 heterocycles. The third-order valence-electron chi connectivity index (χ3n) is 4.78. The molecule has 0 saturated carbocycles. The fourth-order valence-corrected chi connectivity index (χ4v) is 3.33. The molecule has 2 aromatic carbocycles. The Labute approximate surface area is 168 Å². The van der Waals surface area contributed by atoms with Crippen LogP contribution in [0.2, 0.25) is 0 Å². The molecule has 1 N–H and O–H groups in total. The molecule has 1 saturated heterocycles. The Morgan fingerprint density at radius 1 is 1.07 bits per heavy atom. The summed E-state index contributed by atoms with van der Waals surface area (Å²) < 4.78 is 44.1. The number of amides is 2. The van der Waals surface area contributed by atoms with E-state index in [4.69, 9.17) is 4.74 Å². The molecule has 4 rings (SSSR count). The van der Waals surface area contributed by atoms with Gasteiger partial charge in [0.15, 0.2) is 5.71 Å². The Morgan fingerprint density at radius 3 is 2.50 bits per heavy atom. The number of nitrogens with one attached hydrogen (secondary N) is 1. The molecule has 30 heavy (non-hydrogen) atoms. The van der Waals surface area contributed by atoms with Crippen LogP contribution in [0.1, 0.15) is 11.1 Å². The van der Waals surface area contributed by atoms with Crippen molar-refractivity contribution in [1.82, 2.24) is 5.43 Å². The molecule has 10 heteroatoms. The van der Waals surface area contributed by atoms with E-state index in [1.165, 1.54) is 6.07 Å². The SMILES string of the molecule is O=C(OCc1ccccc1)C1=NN[C@@H]2C(=O)N(c3cccc(C(F)(F)F)c3)C(=O)[C@H]12. The van der Waals surface area contributed by atoms with Gasteiger partial charge in [-0.1, -0.05) is 36.4 Å². The van der Waals surface area contributed by atoms with Gasteiger partial charge in [-0.2, -0.15) is 18.3 Å². The molecule has 2 atom stereocenters. The minimum Gasteiger partial charge on any atom is -0.456 e. The van der Waals surface area contributed by atoms with Crippen molar-refractivity contribution in [2.24, 2.45) is 11.0 Å². The molecular formula is C20H14F3N3O4. The lowest BCUT2D eigenvalue weighted by molar-refractivity contribution is -0.138. The summed E-state index contributed by atoms with van der Waals surface area (Å²) in [5.41, 5.74) is 1.63. The molecule has 0 unspecified atom stereocenters. The van der Waals surface area contributed by atoms with Gasteiger partial charge in [0, 0.05) is 0 Å². The number of hydrogen-bond donors (Lipinski definition) is 1. The molecule has 2 amide bonds. The Hall–Kier alpha value is -3.69. The number of benzene rings is 2. The highest BCUT2D eigenvalue weighted by atomic mass is 19.4. The number of alkyl halides is 3. The van der Waals surface area contributed by atoms with Crippen LogP contribution in [0.5, 0.6) is 0 Å². The predicted octanol–water partition coefficient (Wildman–Crippen LogP) is 2.27. The van der Waals surface area contributed by atoms with Crippen LogP contribution in [0.25, 0.3) is 0 Å². The number of carbonyl (C=O) groups is 3. The highest BCUT2D eigenvalue weighted by Gasteiger charge is 2.56.